The standard InChI is InChI=1S/C17H23BN2O6.C14H19BN2O4.C3H5BrO2/c1-18(22)19-9-7-13(8-10-19)3-4-14-5-6-16(15(11-14)20(23)24)26-12-17(21)25-2;1-15(19)16-8-6-11(7-9-16)2-3-12-4-5-14(18)13(10-12)17(20)21;1-6-3(5)2-4/h3-6,11,13,22H,7-10,12H2,1-2H3;2-5,10-11,18-19H,6-9H2,1H3;2H2,1H3. The first-order valence-electron chi connectivity index (χ1n) is 17.0. The van der Waals surface area contributed by atoms with E-state index in [1.807, 2.05) is 27.8 Å². The van der Waals surface area contributed by atoms with Gasteiger partial charge in [-0.25, -0.2) is 4.79 Å². The number of ether oxygens (including phenoxy) is 3. The fourth-order valence-electron chi connectivity index (χ4n) is 5.41. The second kappa shape index (κ2) is 23.4. The molecule has 2 fully saturated rings. The highest BCUT2D eigenvalue weighted by Gasteiger charge is 2.24. The lowest BCUT2D eigenvalue weighted by Crippen LogP contribution is -2.42. The first-order valence-corrected chi connectivity index (χ1v) is 18.1. The molecule has 0 saturated carbocycles. The largest absolute Gasteiger partial charge is 0.502 e. The molecule has 19 heteroatoms. The smallest absolute Gasteiger partial charge is 0.376 e. The Balaban J connectivity index is 0.000000323. The number of allylic oxidation sites excluding steroid dienone is 2. The van der Waals surface area contributed by atoms with Gasteiger partial charge in [0.15, 0.2) is 18.1 Å². The quantitative estimate of drug-likeness (QED) is 0.0874. The first kappa shape index (κ1) is 44.9. The summed E-state index contributed by atoms with van der Waals surface area (Å²) in [6.07, 6.45) is 11.6. The number of nitro groups is 2. The van der Waals surface area contributed by atoms with Crippen LogP contribution >= 0.6 is 15.9 Å². The van der Waals surface area contributed by atoms with Crippen molar-refractivity contribution in [3.63, 3.8) is 0 Å². The summed E-state index contributed by atoms with van der Waals surface area (Å²) in [6.45, 7) is 6.50. The fourth-order valence-corrected chi connectivity index (χ4v) is 5.64. The van der Waals surface area contributed by atoms with Crippen LogP contribution in [0, 0.1) is 32.1 Å². The number of methoxy groups -OCH3 is 2. The van der Waals surface area contributed by atoms with Gasteiger partial charge in [0.05, 0.1) is 24.1 Å². The van der Waals surface area contributed by atoms with E-state index < -0.39 is 29.9 Å². The average Bonchev–Trinajstić information content (AvgIpc) is 3.16. The lowest BCUT2D eigenvalue weighted by Gasteiger charge is -2.31. The van der Waals surface area contributed by atoms with E-state index in [4.69, 9.17) is 4.74 Å². The number of nitrogens with zero attached hydrogens (tertiary/aromatic N) is 4. The van der Waals surface area contributed by atoms with Crippen molar-refractivity contribution in [3.05, 3.63) is 79.9 Å². The molecule has 0 atom stereocenters. The van der Waals surface area contributed by atoms with Gasteiger partial charge in [-0.1, -0.05) is 52.4 Å². The van der Waals surface area contributed by atoms with Gasteiger partial charge in [0.1, 0.15) is 5.33 Å². The predicted octanol–water partition coefficient (Wildman–Crippen LogP) is 4.67. The van der Waals surface area contributed by atoms with E-state index in [9.17, 15) is 45.0 Å². The summed E-state index contributed by atoms with van der Waals surface area (Å²) in [5, 5.41) is 50.8. The van der Waals surface area contributed by atoms with Crippen molar-refractivity contribution in [2.75, 3.05) is 52.3 Å². The molecule has 2 aliphatic heterocycles. The summed E-state index contributed by atoms with van der Waals surface area (Å²) in [5.74, 6) is -0.348. The number of piperidine rings is 2. The molecule has 0 radical (unpaired) electrons. The zero-order chi connectivity index (χ0) is 39.5. The Morgan fingerprint density at radius 3 is 1.62 bits per heavy atom. The number of rotatable bonds is 12. The van der Waals surface area contributed by atoms with Gasteiger partial charge < -0.3 is 39.0 Å². The molecule has 2 aromatic rings. The number of carbonyl (C=O) groups excluding carboxylic acids is 2. The molecule has 53 heavy (non-hydrogen) atoms. The van der Waals surface area contributed by atoms with Crippen LogP contribution in [0.4, 0.5) is 11.4 Å². The summed E-state index contributed by atoms with van der Waals surface area (Å²) >= 11 is 2.90. The van der Waals surface area contributed by atoms with Crippen LogP contribution in [0.2, 0.25) is 13.6 Å². The Bertz CT molecular complexity index is 1560. The van der Waals surface area contributed by atoms with Gasteiger partial charge in [0, 0.05) is 12.1 Å². The molecule has 0 unspecified atom stereocenters. The Hall–Kier alpha value is -4.29. The van der Waals surface area contributed by atoms with Gasteiger partial charge in [-0.3, -0.25) is 25.0 Å². The molecular weight excluding hydrogens is 758 g/mol. The normalized spacial score (nSPS) is 15.5. The van der Waals surface area contributed by atoms with Crippen molar-refractivity contribution < 1.29 is 48.8 Å². The number of esters is 2. The number of alkyl halides is 1. The fraction of sp³-hybridized carbons (Fsp3) is 0.471. The highest BCUT2D eigenvalue weighted by molar-refractivity contribution is 9.09. The van der Waals surface area contributed by atoms with Crippen molar-refractivity contribution >= 4 is 65.5 Å². The van der Waals surface area contributed by atoms with Crippen molar-refractivity contribution in [3.8, 4) is 11.5 Å². The first-order chi connectivity index (χ1) is 25.2. The van der Waals surface area contributed by atoms with Crippen LogP contribution in [0.25, 0.3) is 12.2 Å². The van der Waals surface area contributed by atoms with Crippen LogP contribution in [-0.2, 0) is 19.1 Å². The number of halogens is 1. The number of aromatic hydroxyl groups is 1. The molecule has 4 rings (SSSR count). The topological polar surface area (TPSA) is 215 Å². The summed E-state index contributed by atoms with van der Waals surface area (Å²) < 4.78 is 13.8. The predicted molar refractivity (Wildman–Crippen MR) is 206 cm³/mol. The van der Waals surface area contributed by atoms with Crippen molar-refractivity contribution in [2.24, 2.45) is 11.8 Å². The van der Waals surface area contributed by atoms with E-state index in [0.717, 1.165) is 51.9 Å². The number of benzene rings is 2. The van der Waals surface area contributed by atoms with Gasteiger partial charge in [0.2, 0.25) is 0 Å². The zero-order valence-electron chi connectivity index (χ0n) is 30.3. The molecule has 16 nitrogen and oxygen atoms in total. The third-order valence-corrected chi connectivity index (χ3v) is 9.07. The van der Waals surface area contributed by atoms with E-state index in [2.05, 4.69) is 31.5 Å². The van der Waals surface area contributed by atoms with E-state index in [1.165, 1.54) is 38.5 Å². The van der Waals surface area contributed by atoms with E-state index in [0.29, 0.717) is 23.0 Å². The number of carbonyl (C=O) groups is 2. The molecule has 0 spiro atoms. The SMILES string of the molecule is CB(O)N1CCC(C=Cc2ccc(O)c([N+](=O)[O-])c2)CC1.COC(=O)CBr.COC(=O)COc1ccc(C=CC2CCN(B(C)O)CC2)cc1[N+](=O)[O-]. The van der Waals surface area contributed by atoms with E-state index in [-0.39, 0.29) is 40.8 Å². The van der Waals surface area contributed by atoms with E-state index in [1.54, 1.807) is 25.8 Å². The van der Waals surface area contributed by atoms with Crippen LogP contribution in [0.3, 0.4) is 0 Å². The number of nitro benzene ring substituents is 2. The average molecular weight is 805 g/mol. The second-order valence-corrected chi connectivity index (χ2v) is 12.9. The molecule has 2 aliphatic rings. The minimum atomic E-state index is -0.605. The third-order valence-electron chi connectivity index (χ3n) is 8.61. The molecule has 3 N–H and O–H groups in total. The minimum Gasteiger partial charge on any atom is -0.502 e. The lowest BCUT2D eigenvalue weighted by atomic mass is 9.81. The maximum Gasteiger partial charge on any atom is 0.376 e. The minimum absolute atomic E-state index is 0.0304. The molecule has 2 heterocycles. The Morgan fingerprint density at radius 2 is 1.25 bits per heavy atom. The van der Waals surface area contributed by atoms with Gasteiger partial charge in [-0.2, -0.15) is 0 Å². The summed E-state index contributed by atoms with van der Waals surface area (Å²) in [5.41, 5.74) is 0.929. The second-order valence-electron chi connectivity index (χ2n) is 12.3. The van der Waals surface area contributed by atoms with Gasteiger partial charge >= 0.3 is 37.4 Å². The molecule has 288 valence electrons. The van der Waals surface area contributed by atoms with Crippen LogP contribution in [-0.4, -0.2) is 113 Å². The molecule has 2 saturated heterocycles. The molecule has 0 bridgehead atoms. The van der Waals surface area contributed by atoms with Crippen LogP contribution < -0.4 is 4.74 Å². The maximum atomic E-state index is 11.3. The van der Waals surface area contributed by atoms with Gasteiger partial charge in [-0.05, 0) is 101 Å². The lowest BCUT2D eigenvalue weighted by molar-refractivity contribution is -0.386. The zero-order valence-corrected chi connectivity index (χ0v) is 31.9. The van der Waals surface area contributed by atoms with Crippen molar-refractivity contribution in [1.82, 2.24) is 9.62 Å². The summed E-state index contributed by atoms with van der Waals surface area (Å²) in [7, 11) is 1.73. The molecule has 0 aliphatic carbocycles. The number of phenols is 1. The molecule has 0 amide bonds. The van der Waals surface area contributed by atoms with Crippen molar-refractivity contribution in [1.29, 1.82) is 0 Å². The van der Waals surface area contributed by atoms with Gasteiger partial charge in [0.25, 0.3) is 0 Å². The third kappa shape index (κ3) is 16.1. The van der Waals surface area contributed by atoms with Crippen molar-refractivity contribution in [2.45, 2.75) is 39.3 Å². The summed E-state index contributed by atoms with van der Waals surface area (Å²) in [4.78, 5) is 46.0. The molecule has 0 aromatic heterocycles. The Kier molecular flexibility index (Phi) is 19.8. The highest BCUT2D eigenvalue weighted by Crippen LogP contribution is 2.30. The number of hydrogen-bond acceptors (Lipinski definition) is 14. The highest BCUT2D eigenvalue weighted by atomic mass is 79.9. The molecule has 2 aromatic carbocycles. The maximum absolute atomic E-state index is 11.3. The Morgan fingerprint density at radius 1 is 0.811 bits per heavy atom. The van der Waals surface area contributed by atoms with E-state index >= 15 is 0 Å². The van der Waals surface area contributed by atoms with Gasteiger partial charge in [-0.15, -0.1) is 0 Å². The van der Waals surface area contributed by atoms with Crippen LogP contribution in [0.15, 0.2) is 48.6 Å². The molecular formula is C34H47B2BrN4O12. The van der Waals surface area contributed by atoms with Crippen LogP contribution in [0.5, 0.6) is 11.5 Å². The number of hydrogen-bond donors (Lipinski definition) is 3. The monoisotopic (exact) mass is 804 g/mol. The Labute approximate surface area is 318 Å². The summed E-state index contributed by atoms with van der Waals surface area (Å²) in [6, 6.07) is 8.99. The van der Waals surface area contributed by atoms with Crippen LogP contribution in [0.1, 0.15) is 36.8 Å². The number of phenolic OH excluding ortho intramolecular Hbond substituents is 1.